The average Bonchev–Trinajstić information content (AvgIpc) is 2.64. The lowest BCUT2D eigenvalue weighted by Crippen LogP contribution is -2.47. The van der Waals surface area contributed by atoms with Crippen LogP contribution in [0, 0.1) is 11.3 Å². The van der Waals surface area contributed by atoms with E-state index in [-0.39, 0.29) is 32.7 Å². The highest BCUT2D eigenvalue weighted by Crippen LogP contribution is 2.40. The minimum atomic E-state index is -6.54. The zero-order chi connectivity index (χ0) is 28.3. The van der Waals surface area contributed by atoms with Crippen molar-refractivity contribution in [1.29, 1.82) is 5.26 Å². The lowest BCUT2D eigenvalue weighted by molar-refractivity contribution is -0.462. The summed E-state index contributed by atoms with van der Waals surface area (Å²) < 4.78 is 162. The first kappa shape index (κ1) is 34.9. The van der Waals surface area contributed by atoms with Crippen LogP contribution in [0.15, 0.2) is 0 Å². The van der Waals surface area contributed by atoms with E-state index < -0.39 is 58.7 Å². The van der Waals surface area contributed by atoms with Crippen LogP contribution in [0.1, 0.15) is 19.8 Å². The van der Waals surface area contributed by atoms with E-state index >= 15 is 0 Å². The fourth-order valence-electron chi connectivity index (χ4n) is 2.25. The summed E-state index contributed by atoms with van der Waals surface area (Å²) in [5.41, 5.74) is 0. The van der Waals surface area contributed by atoms with Crippen molar-refractivity contribution in [2.45, 2.75) is 50.4 Å². The molecular formula is C17H24F11N2O5P. The second-order valence-corrected chi connectivity index (χ2v) is 8.31. The molecule has 0 rings (SSSR count). The molecule has 0 fully saturated rings. The van der Waals surface area contributed by atoms with Crippen molar-refractivity contribution in [2.75, 3.05) is 52.7 Å². The highest BCUT2D eigenvalue weighted by atomic mass is 31.2. The number of halogens is 11. The molecule has 1 unspecified atom stereocenters. The smallest absolute Gasteiger partial charge is 0.363 e. The van der Waals surface area contributed by atoms with Gasteiger partial charge in [-0.05, 0) is 13.0 Å². The molecule has 0 amide bonds. The molecule has 0 saturated heterocycles. The maximum atomic E-state index is 14.0. The van der Waals surface area contributed by atoms with Crippen LogP contribution in [0.3, 0.4) is 0 Å². The normalized spacial score (nSPS) is 14.8. The second-order valence-electron chi connectivity index (χ2n) is 6.91. The van der Waals surface area contributed by atoms with Gasteiger partial charge in [-0.15, -0.1) is 0 Å². The molecule has 0 aliphatic rings. The van der Waals surface area contributed by atoms with Gasteiger partial charge in [-0.1, -0.05) is 6.92 Å². The third-order valence-electron chi connectivity index (χ3n) is 3.56. The van der Waals surface area contributed by atoms with Crippen LogP contribution in [-0.4, -0.2) is 88.2 Å². The van der Waals surface area contributed by atoms with E-state index in [9.17, 15) is 48.3 Å². The molecule has 7 nitrogen and oxygen atoms in total. The predicted octanol–water partition coefficient (Wildman–Crippen LogP) is 5.57. The minimum Gasteiger partial charge on any atom is -0.363 e. The van der Waals surface area contributed by atoms with Gasteiger partial charge in [0.25, 0.3) is 0 Å². The van der Waals surface area contributed by atoms with Gasteiger partial charge in [0.05, 0.1) is 32.2 Å². The molecule has 214 valence electrons. The summed E-state index contributed by atoms with van der Waals surface area (Å²) in [4.78, 5) is 0.983. The van der Waals surface area contributed by atoms with Gasteiger partial charge < -0.3 is 13.8 Å². The third-order valence-corrected chi connectivity index (χ3v) is 4.65. The quantitative estimate of drug-likeness (QED) is 0.113. The summed E-state index contributed by atoms with van der Waals surface area (Å²) in [5.74, 6) is 0. The summed E-state index contributed by atoms with van der Waals surface area (Å²) >= 11 is 0. The number of hydrogen-bond acceptors (Lipinski definition) is 7. The highest BCUT2D eigenvalue weighted by Gasteiger charge is 2.64. The van der Waals surface area contributed by atoms with E-state index in [1.807, 2.05) is 6.07 Å². The lowest BCUT2D eigenvalue weighted by atomic mass is 10.4. The number of alkyl halides is 11. The van der Waals surface area contributed by atoms with Gasteiger partial charge in [0.1, 0.15) is 13.2 Å². The number of hydrogen-bond donors (Lipinski definition) is 0. The topological polar surface area (TPSA) is 73.2 Å². The van der Waals surface area contributed by atoms with Crippen LogP contribution in [0.5, 0.6) is 0 Å². The summed E-state index contributed by atoms with van der Waals surface area (Å²) in [7, 11) is -1.43. The molecule has 0 aliphatic heterocycles. The molecule has 0 spiro atoms. The number of nitriles is 1. The highest BCUT2D eigenvalue weighted by molar-refractivity contribution is 7.46. The first-order chi connectivity index (χ1) is 16.3. The minimum absolute atomic E-state index is 0.0156. The van der Waals surface area contributed by atoms with Gasteiger partial charge >= 0.3 is 30.6 Å². The van der Waals surface area contributed by atoms with Gasteiger partial charge in [-0.2, -0.15) is 53.6 Å². The van der Waals surface area contributed by atoms with Crippen LogP contribution in [0.25, 0.3) is 0 Å². The third kappa shape index (κ3) is 15.2. The van der Waals surface area contributed by atoms with E-state index in [1.165, 1.54) is 6.66 Å². The first-order valence-corrected chi connectivity index (χ1v) is 11.5. The maximum absolute atomic E-state index is 14.0. The zero-order valence-corrected chi connectivity index (χ0v) is 19.8. The fraction of sp³-hybridized carbons (Fsp3) is 0.941. The van der Waals surface area contributed by atoms with Gasteiger partial charge in [0.15, 0.2) is 8.38 Å². The summed E-state index contributed by atoms with van der Waals surface area (Å²) in [6, 6.07) is 1.83. The summed E-state index contributed by atoms with van der Waals surface area (Å²) in [6.45, 7) is -3.40. The van der Waals surface area contributed by atoms with Crippen molar-refractivity contribution in [1.82, 2.24) is 4.90 Å². The molecule has 19 heteroatoms. The van der Waals surface area contributed by atoms with E-state index in [0.29, 0.717) is 6.42 Å². The Hall–Kier alpha value is -1.09. The van der Waals surface area contributed by atoms with Crippen LogP contribution < -0.4 is 0 Å². The predicted molar refractivity (Wildman–Crippen MR) is 101 cm³/mol. The van der Waals surface area contributed by atoms with Crippen molar-refractivity contribution in [3.8, 4) is 6.07 Å². The first-order valence-electron chi connectivity index (χ1n) is 9.91. The Morgan fingerprint density at radius 2 is 1.31 bits per heavy atom. The standard InChI is InChI=1S/C17H24F11N2O5P/c1-3-6-30(7-9-33-36(2)32-8-4-5-29)10-13(18,19)34-14(20,21)11-31-12-15(22,23)35-17(27,28)16(24,25)26/h3-4,6-12H2,1-2H3. The van der Waals surface area contributed by atoms with Crippen molar-refractivity contribution in [3.63, 3.8) is 0 Å². The molecule has 0 saturated carbocycles. The molecule has 0 radical (unpaired) electrons. The van der Waals surface area contributed by atoms with Crippen LogP contribution in [0.2, 0.25) is 0 Å². The van der Waals surface area contributed by atoms with Crippen molar-refractivity contribution in [2.24, 2.45) is 0 Å². The van der Waals surface area contributed by atoms with Gasteiger partial charge in [-0.3, -0.25) is 9.64 Å². The molecule has 0 aromatic carbocycles. The number of ether oxygens (including phenoxy) is 3. The summed E-state index contributed by atoms with van der Waals surface area (Å²) in [6.07, 6.45) is -27.4. The van der Waals surface area contributed by atoms with Crippen LogP contribution in [-0.2, 0) is 23.3 Å². The Morgan fingerprint density at radius 3 is 1.81 bits per heavy atom. The molecule has 0 aromatic rings. The molecule has 0 bridgehead atoms. The molecular weight excluding hydrogens is 552 g/mol. The Morgan fingerprint density at radius 1 is 0.778 bits per heavy atom. The zero-order valence-electron chi connectivity index (χ0n) is 18.9. The Kier molecular flexibility index (Phi) is 14.3. The lowest BCUT2D eigenvalue weighted by Gasteiger charge is -2.30. The average molecular weight is 576 g/mol. The van der Waals surface area contributed by atoms with E-state index in [1.54, 1.807) is 6.92 Å². The van der Waals surface area contributed by atoms with Gasteiger partial charge in [0, 0.05) is 13.2 Å². The van der Waals surface area contributed by atoms with Crippen molar-refractivity contribution < 1.29 is 71.6 Å². The van der Waals surface area contributed by atoms with E-state index in [2.05, 4.69) is 14.2 Å². The Labute approximate surface area is 200 Å². The molecule has 1 atom stereocenters. The van der Waals surface area contributed by atoms with Crippen molar-refractivity contribution >= 4 is 8.38 Å². The van der Waals surface area contributed by atoms with Crippen LogP contribution >= 0.6 is 8.38 Å². The van der Waals surface area contributed by atoms with Crippen molar-refractivity contribution in [3.05, 3.63) is 0 Å². The van der Waals surface area contributed by atoms with E-state index in [0.717, 1.165) is 4.90 Å². The molecule has 0 heterocycles. The Bertz CT molecular complexity index is 680. The Balaban J connectivity index is 4.75. The monoisotopic (exact) mass is 576 g/mol. The molecule has 0 aromatic heterocycles. The van der Waals surface area contributed by atoms with Crippen LogP contribution in [0.4, 0.5) is 48.3 Å². The number of nitrogens with zero attached hydrogens (tertiary/aromatic N) is 2. The second kappa shape index (κ2) is 14.7. The van der Waals surface area contributed by atoms with Gasteiger partial charge in [0.2, 0.25) is 0 Å². The molecule has 36 heavy (non-hydrogen) atoms. The fourth-order valence-corrected chi connectivity index (χ4v) is 3.01. The SMILES string of the molecule is CCCN(CCOP(C)OCCC#N)CC(F)(F)OC(F)(F)COCC(F)(F)OC(F)(F)C(F)(F)F. The summed E-state index contributed by atoms with van der Waals surface area (Å²) in [5, 5.41) is 8.41. The molecule has 0 aliphatic carbocycles. The molecule has 0 N–H and O–H groups in total. The maximum Gasteiger partial charge on any atom is 0.483 e. The van der Waals surface area contributed by atoms with Gasteiger partial charge in [-0.25, -0.2) is 4.74 Å². The van der Waals surface area contributed by atoms with E-state index in [4.69, 9.17) is 14.3 Å². The number of rotatable bonds is 19. The largest absolute Gasteiger partial charge is 0.483 e.